The van der Waals surface area contributed by atoms with Crippen LogP contribution >= 0.6 is 34.7 Å². The van der Waals surface area contributed by atoms with Crippen molar-refractivity contribution in [3.8, 4) is 0 Å². The topological polar surface area (TPSA) is 84.1 Å². The molecule has 1 aliphatic carbocycles. The molecule has 0 saturated heterocycles. The van der Waals surface area contributed by atoms with Gasteiger partial charge in [-0.1, -0.05) is 11.6 Å². The molecular weight excluding hydrogens is 440 g/mol. The van der Waals surface area contributed by atoms with E-state index in [9.17, 15) is 4.79 Å². The summed E-state index contributed by atoms with van der Waals surface area (Å²) in [7, 11) is 0. The lowest BCUT2D eigenvalue weighted by atomic mass is 9.72. The second-order valence-electron chi connectivity index (χ2n) is 7.40. The minimum atomic E-state index is -0.266. The molecule has 3 aromatic heterocycles. The Balaban J connectivity index is 1.34. The van der Waals surface area contributed by atoms with E-state index in [2.05, 4.69) is 20.2 Å². The van der Waals surface area contributed by atoms with Crippen LogP contribution in [0.2, 0.25) is 5.02 Å². The summed E-state index contributed by atoms with van der Waals surface area (Å²) in [6.45, 7) is 0. The van der Waals surface area contributed by atoms with Crippen LogP contribution in [-0.4, -0.2) is 26.7 Å². The molecule has 0 spiro atoms. The smallest absolute Gasteiger partial charge is 0.167 e. The van der Waals surface area contributed by atoms with Crippen LogP contribution in [0.25, 0.3) is 10.2 Å². The first-order chi connectivity index (χ1) is 14.7. The number of ketones is 1. The van der Waals surface area contributed by atoms with Gasteiger partial charge in [-0.3, -0.25) is 9.89 Å². The first-order valence-electron chi connectivity index (χ1n) is 9.63. The van der Waals surface area contributed by atoms with E-state index in [1.807, 2.05) is 30.3 Å². The fourth-order valence-electron chi connectivity index (χ4n) is 4.26. The number of hydrogen-bond acceptors (Lipinski definition) is 7. The molecule has 6 nitrogen and oxygen atoms in total. The summed E-state index contributed by atoms with van der Waals surface area (Å²) >= 11 is 9.15. The zero-order chi connectivity index (χ0) is 20.2. The highest BCUT2D eigenvalue weighted by Crippen LogP contribution is 2.46. The lowest BCUT2D eigenvalue weighted by Gasteiger charge is -2.32. The van der Waals surface area contributed by atoms with E-state index in [4.69, 9.17) is 16.0 Å². The number of nitrogens with zero attached hydrogens (tertiary/aromatic N) is 3. The molecule has 9 heteroatoms. The summed E-state index contributed by atoms with van der Waals surface area (Å²) in [5.41, 5.74) is 2.73. The van der Waals surface area contributed by atoms with E-state index < -0.39 is 0 Å². The highest BCUT2D eigenvalue weighted by atomic mass is 35.5. The maximum atomic E-state index is 12.8. The highest BCUT2D eigenvalue weighted by molar-refractivity contribution is 8.01. The predicted octanol–water partition coefficient (Wildman–Crippen LogP) is 6.00. The summed E-state index contributed by atoms with van der Waals surface area (Å²) in [4.78, 5) is 22.1. The van der Waals surface area contributed by atoms with Crippen molar-refractivity contribution in [3.63, 3.8) is 0 Å². The van der Waals surface area contributed by atoms with E-state index in [-0.39, 0.29) is 17.6 Å². The number of furan rings is 1. The first kappa shape index (κ1) is 18.4. The van der Waals surface area contributed by atoms with Crippen molar-refractivity contribution >= 4 is 62.2 Å². The fourth-order valence-corrected chi connectivity index (χ4v) is 6.37. The number of benzene rings is 1. The molecule has 0 amide bonds. The van der Waals surface area contributed by atoms with Crippen molar-refractivity contribution in [3.05, 3.63) is 52.9 Å². The molecule has 1 fully saturated rings. The van der Waals surface area contributed by atoms with E-state index in [1.165, 1.54) is 11.8 Å². The number of aromatic amines is 1. The van der Waals surface area contributed by atoms with Crippen LogP contribution in [0.15, 0.2) is 55.4 Å². The molecule has 1 N–H and O–H groups in total. The van der Waals surface area contributed by atoms with Gasteiger partial charge in [-0.2, -0.15) is 5.10 Å². The summed E-state index contributed by atoms with van der Waals surface area (Å²) in [5.74, 6) is 1.26. The van der Waals surface area contributed by atoms with Gasteiger partial charge < -0.3 is 4.42 Å². The summed E-state index contributed by atoms with van der Waals surface area (Å²) < 4.78 is 8.19. The zero-order valence-electron chi connectivity index (χ0n) is 15.6. The first-order valence-corrected chi connectivity index (χ1v) is 11.6. The van der Waals surface area contributed by atoms with Crippen molar-refractivity contribution in [1.29, 1.82) is 0 Å². The second-order valence-corrected chi connectivity index (χ2v) is 10.1. The molecule has 30 heavy (non-hydrogen) atoms. The van der Waals surface area contributed by atoms with Crippen LogP contribution in [0.1, 0.15) is 36.5 Å². The van der Waals surface area contributed by atoms with Gasteiger partial charge in [0.15, 0.2) is 15.2 Å². The third-order valence-corrected chi connectivity index (χ3v) is 7.81. The number of thiazole rings is 1. The number of Topliss-reactive ketones (excluding diaryl/α,β-unsaturated/α-hetero) is 1. The SMILES string of the molecule is O=C1CCCC2=Nc3[nH]ncc3C(c3ccc(Sc4nc5cc(Cl)ccc5s4)o3)C12. The number of rotatable bonds is 3. The van der Waals surface area contributed by atoms with Crippen molar-refractivity contribution in [2.45, 2.75) is 34.6 Å². The average Bonchev–Trinajstić information content (AvgIpc) is 3.45. The number of carbonyl (C=O) groups is 1. The molecule has 0 bridgehead atoms. The number of fused-ring (bicyclic) bond motifs is 3. The molecule has 2 atom stereocenters. The molecule has 150 valence electrons. The number of hydrogen-bond donors (Lipinski definition) is 1. The summed E-state index contributed by atoms with van der Waals surface area (Å²) in [6.07, 6.45) is 4.03. The third-order valence-electron chi connectivity index (χ3n) is 5.56. The summed E-state index contributed by atoms with van der Waals surface area (Å²) in [5, 5.41) is 8.53. The second kappa shape index (κ2) is 7.08. The normalized spacial score (nSPS) is 20.8. The molecule has 1 aromatic carbocycles. The minimum absolute atomic E-state index is 0.192. The van der Waals surface area contributed by atoms with Crippen LogP contribution in [-0.2, 0) is 4.79 Å². The Labute approximate surface area is 184 Å². The minimum Gasteiger partial charge on any atom is -0.454 e. The van der Waals surface area contributed by atoms with E-state index >= 15 is 0 Å². The third kappa shape index (κ3) is 3.02. The van der Waals surface area contributed by atoms with E-state index in [0.717, 1.165) is 55.3 Å². The van der Waals surface area contributed by atoms with Gasteiger partial charge in [0.25, 0.3) is 0 Å². The monoisotopic (exact) mass is 454 g/mol. The molecule has 2 aliphatic rings. The van der Waals surface area contributed by atoms with Crippen molar-refractivity contribution in [1.82, 2.24) is 15.2 Å². The highest BCUT2D eigenvalue weighted by Gasteiger charge is 2.42. The molecule has 6 rings (SSSR count). The summed E-state index contributed by atoms with van der Waals surface area (Å²) in [6, 6.07) is 9.61. The van der Waals surface area contributed by atoms with Gasteiger partial charge in [-0.25, -0.2) is 9.98 Å². The Morgan fingerprint density at radius 3 is 3.07 bits per heavy atom. The number of H-pyrrole nitrogens is 1. The molecule has 1 aliphatic heterocycles. The maximum Gasteiger partial charge on any atom is 0.167 e. The Morgan fingerprint density at radius 1 is 1.20 bits per heavy atom. The molecular formula is C21H15ClN4O2S2. The Kier molecular flexibility index (Phi) is 4.33. The standard InChI is InChI=1S/C21H15ClN4O2S2/c22-10-4-6-16-13(8-10)25-21(29-16)30-17-7-5-15(28-17)18-11-9-23-26-20(11)24-12-2-1-3-14(27)19(12)18/h4-9,18-19H,1-3H2,(H,23,26). The van der Waals surface area contributed by atoms with Crippen LogP contribution < -0.4 is 0 Å². The van der Waals surface area contributed by atoms with Crippen LogP contribution in [0, 0.1) is 5.92 Å². The van der Waals surface area contributed by atoms with Gasteiger partial charge in [0.1, 0.15) is 11.5 Å². The molecule has 4 heterocycles. The van der Waals surface area contributed by atoms with Crippen LogP contribution in [0.3, 0.4) is 0 Å². The van der Waals surface area contributed by atoms with Gasteiger partial charge in [0.2, 0.25) is 0 Å². The Bertz CT molecular complexity index is 1320. The van der Waals surface area contributed by atoms with Gasteiger partial charge in [0, 0.05) is 22.7 Å². The molecule has 1 saturated carbocycles. The van der Waals surface area contributed by atoms with Crippen molar-refractivity contribution < 1.29 is 9.21 Å². The van der Waals surface area contributed by atoms with Crippen molar-refractivity contribution in [2.75, 3.05) is 0 Å². The van der Waals surface area contributed by atoms with Crippen molar-refractivity contribution in [2.24, 2.45) is 10.9 Å². The predicted molar refractivity (Wildman–Crippen MR) is 117 cm³/mol. The molecule has 0 radical (unpaired) electrons. The van der Waals surface area contributed by atoms with E-state index in [1.54, 1.807) is 17.5 Å². The van der Waals surface area contributed by atoms with Gasteiger partial charge in [-0.15, -0.1) is 11.3 Å². The number of halogens is 1. The average molecular weight is 455 g/mol. The lowest BCUT2D eigenvalue weighted by molar-refractivity contribution is -0.122. The number of aliphatic imine (C=N–C) groups is 1. The van der Waals surface area contributed by atoms with Crippen LogP contribution in [0.5, 0.6) is 0 Å². The quantitative estimate of drug-likeness (QED) is 0.410. The molecule has 2 unspecified atom stereocenters. The Morgan fingerprint density at radius 2 is 2.13 bits per heavy atom. The van der Waals surface area contributed by atoms with E-state index in [0.29, 0.717) is 11.4 Å². The number of carbonyl (C=O) groups excluding carboxylic acids is 1. The molecule has 4 aromatic rings. The number of aromatic nitrogens is 3. The Hall–Kier alpha value is -2.42. The lowest BCUT2D eigenvalue weighted by Crippen LogP contribution is -2.36. The number of nitrogens with one attached hydrogen (secondary N) is 1. The van der Waals surface area contributed by atoms with Gasteiger partial charge >= 0.3 is 0 Å². The largest absolute Gasteiger partial charge is 0.454 e. The zero-order valence-corrected chi connectivity index (χ0v) is 18.0. The van der Waals surface area contributed by atoms with Gasteiger partial charge in [0.05, 0.1) is 28.2 Å². The van der Waals surface area contributed by atoms with Gasteiger partial charge in [-0.05, 0) is 54.9 Å². The maximum absolute atomic E-state index is 12.8. The fraction of sp³-hybridized carbons (Fsp3) is 0.238. The van der Waals surface area contributed by atoms with Crippen LogP contribution in [0.4, 0.5) is 5.82 Å².